The minimum absolute atomic E-state index is 0.302. The van der Waals surface area contributed by atoms with Gasteiger partial charge in [0.25, 0.3) is 0 Å². The van der Waals surface area contributed by atoms with Gasteiger partial charge in [-0.2, -0.15) is 5.10 Å². The van der Waals surface area contributed by atoms with E-state index in [0.717, 1.165) is 22.3 Å². The monoisotopic (exact) mass is 571 g/mol. The zero-order valence-corrected chi connectivity index (χ0v) is 24.3. The van der Waals surface area contributed by atoms with E-state index < -0.39 is 6.03 Å². The second-order valence-corrected chi connectivity index (χ2v) is 9.84. The van der Waals surface area contributed by atoms with Crippen LogP contribution in [0.25, 0.3) is 11.1 Å². The Bertz CT molecular complexity index is 1470. The zero-order chi connectivity index (χ0) is 29.9. The molecule has 0 saturated heterocycles. The van der Waals surface area contributed by atoms with Crippen LogP contribution in [-0.4, -0.2) is 68.6 Å². The number of benzene rings is 3. The number of nitrogens with one attached hydrogen (secondary N) is 4. The summed E-state index contributed by atoms with van der Waals surface area (Å²) in [6, 6.07) is 19.9. The molecule has 220 valence electrons. The molecule has 0 aliphatic heterocycles. The van der Waals surface area contributed by atoms with Crippen molar-refractivity contribution in [1.29, 1.82) is 0 Å². The van der Waals surface area contributed by atoms with Crippen LogP contribution in [0.1, 0.15) is 11.1 Å². The van der Waals surface area contributed by atoms with Gasteiger partial charge in [0.15, 0.2) is 0 Å². The highest BCUT2D eigenvalue weighted by Gasteiger charge is 2.21. The number of anilines is 2. The molecule has 11 nitrogen and oxygen atoms in total. The lowest BCUT2D eigenvalue weighted by atomic mass is 10.1. The molecule has 11 heteroatoms. The van der Waals surface area contributed by atoms with Crippen LogP contribution < -0.4 is 30.3 Å². The fraction of sp³-hybridized carbons (Fsp3) is 0.258. The lowest BCUT2D eigenvalue weighted by molar-refractivity contribution is 0.244. The van der Waals surface area contributed by atoms with Gasteiger partial charge < -0.3 is 30.3 Å². The first-order chi connectivity index (χ1) is 20.4. The van der Waals surface area contributed by atoms with Crippen molar-refractivity contribution in [2.45, 2.75) is 13.1 Å². The van der Waals surface area contributed by atoms with Crippen LogP contribution in [0, 0.1) is 0 Å². The smallest absolute Gasteiger partial charge is 0.322 e. The highest BCUT2D eigenvalue weighted by molar-refractivity contribution is 6.01. The van der Waals surface area contributed by atoms with E-state index in [2.05, 4.69) is 26.1 Å². The van der Waals surface area contributed by atoms with Crippen molar-refractivity contribution in [3.05, 3.63) is 90.3 Å². The molecule has 42 heavy (non-hydrogen) atoms. The first-order valence-electron chi connectivity index (χ1n) is 13.5. The molecule has 0 saturated carbocycles. The van der Waals surface area contributed by atoms with E-state index in [9.17, 15) is 9.59 Å². The van der Waals surface area contributed by atoms with Crippen molar-refractivity contribution in [2.24, 2.45) is 0 Å². The molecule has 4 rings (SSSR count). The third kappa shape index (κ3) is 8.24. The molecular weight excluding hydrogens is 534 g/mol. The second-order valence-electron chi connectivity index (χ2n) is 9.84. The molecule has 0 unspecified atom stereocenters. The quantitative estimate of drug-likeness (QED) is 0.196. The van der Waals surface area contributed by atoms with Gasteiger partial charge in [0.05, 0.1) is 31.8 Å². The third-order valence-corrected chi connectivity index (χ3v) is 6.55. The van der Waals surface area contributed by atoms with Crippen molar-refractivity contribution in [2.75, 3.05) is 51.6 Å². The number of aromatic nitrogens is 2. The summed E-state index contributed by atoms with van der Waals surface area (Å²) in [7, 11) is 7.09. The Labute approximate surface area is 245 Å². The van der Waals surface area contributed by atoms with E-state index in [1.807, 2.05) is 79.7 Å². The summed E-state index contributed by atoms with van der Waals surface area (Å²) in [6.45, 7) is 1.59. The molecule has 0 aliphatic carbocycles. The molecular formula is C31H37N7O4. The number of hydrogen-bond acceptors (Lipinski definition) is 6. The fourth-order valence-electron chi connectivity index (χ4n) is 4.27. The Morgan fingerprint density at radius 1 is 0.833 bits per heavy atom. The Hall–Kier alpha value is -5.03. The van der Waals surface area contributed by atoms with Crippen LogP contribution in [-0.2, 0) is 13.1 Å². The number of aromatic amines is 1. The summed E-state index contributed by atoms with van der Waals surface area (Å²) in [5.74, 6) is 1.42. The number of rotatable bonds is 12. The molecule has 4 aromatic rings. The Kier molecular flexibility index (Phi) is 10.4. The van der Waals surface area contributed by atoms with Crippen LogP contribution in [0.2, 0.25) is 0 Å². The highest BCUT2D eigenvalue weighted by Crippen LogP contribution is 2.32. The highest BCUT2D eigenvalue weighted by atomic mass is 16.5. The number of urea groups is 2. The van der Waals surface area contributed by atoms with Crippen LogP contribution in [0.3, 0.4) is 0 Å². The molecule has 4 N–H and O–H groups in total. The standard InChI is InChI=1S/C31H37N7O4/c1-37(2)13-14-38(31(40)33-19-23-8-6-10-27(16-23)42-4)29-17-24(25-20-34-35-21-25)11-12-28(29)36-30(39)32-18-22-7-5-9-26(15-22)41-3/h5-12,15-17,20-21H,13-14,18-19H2,1-4H3,(H,33,40)(H,34,35)(H2,32,36,39). The summed E-state index contributed by atoms with van der Waals surface area (Å²) in [6.07, 6.45) is 3.49. The number of carbonyl (C=O) groups is 2. The SMILES string of the molecule is COc1cccc(CNC(=O)Nc2ccc(-c3cn[nH]c3)cc2N(CCN(C)C)C(=O)NCc2cccc(OC)c2)c1. The number of amides is 4. The first kappa shape index (κ1) is 29.9. The molecule has 0 aliphatic rings. The van der Waals surface area contributed by atoms with Crippen LogP contribution in [0.5, 0.6) is 11.5 Å². The predicted molar refractivity (Wildman–Crippen MR) is 164 cm³/mol. The van der Waals surface area contributed by atoms with Gasteiger partial charge in [-0.15, -0.1) is 0 Å². The second kappa shape index (κ2) is 14.6. The predicted octanol–water partition coefficient (Wildman–Crippen LogP) is 4.69. The zero-order valence-electron chi connectivity index (χ0n) is 24.3. The van der Waals surface area contributed by atoms with Gasteiger partial charge in [0.1, 0.15) is 11.5 Å². The maximum absolute atomic E-state index is 13.7. The van der Waals surface area contributed by atoms with Gasteiger partial charge in [-0.1, -0.05) is 30.3 Å². The molecule has 3 aromatic carbocycles. The summed E-state index contributed by atoms with van der Waals surface area (Å²) < 4.78 is 10.6. The number of carbonyl (C=O) groups excluding carboxylic acids is 2. The molecule has 0 spiro atoms. The minimum atomic E-state index is -0.403. The number of ether oxygens (including phenoxy) is 2. The lowest BCUT2D eigenvalue weighted by Crippen LogP contribution is -2.43. The van der Waals surface area contributed by atoms with Crippen molar-refractivity contribution in [1.82, 2.24) is 25.7 Å². The van der Waals surface area contributed by atoms with Gasteiger partial charge in [-0.25, -0.2) is 9.59 Å². The summed E-state index contributed by atoms with van der Waals surface area (Å²) in [4.78, 5) is 30.4. The number of hydrogen-bond donors (Lipinski definition) is 4. The van der Waals surface area contributed by atoms with Gasteiger partial charge in [-0.05, 0) is 67.2 Å². The maximum Gasteiger partial charge on any atom is 0.322 e. The van der Waals surface area contributed by atoms with E-state index in [4.69, 9.17) is 9.47 Å². The van der Waals surface area contributed by atoms with E-state index in [-0.39, 0.29) is 6.03 Å². The van der Waals surface area contributed by atoms with Gasteiger partial charge in [-0.3, -0.25) is 10.00 Å². The van der Waals surface area contributed by atoms with E-state index >= 15 is 0 Å². The van der Waals surface area contributed by atoms with E-state index in [0.29, 0.717) is 49.1 Å². The summed E-state index contributed by atoms with van der Waals surface area (Å²) in [5, 5.41) is 15.7. The van der Waals surface area contributed by atoms with Crippen molar-refractivity contribution < 1.29 is 19.1 Å². The third-order valence-electron chi connectivity index (χ3n) is 6.55. The summed E-state index contributed by atoms with van der Waals surface area (Å²) >= 11 is 0. The molecule has 0 atom stereocenters. The van der Waals surface area contributed by atoms with Crippen molar-refractivity contribution >= 4 is 23.4 Å². The van der Waals surface area contributed by atoms with Crippen molar-refractivity contribution in [3.8, 4) is 22.6 Å². The maximum atomic E-state index is 13.7. The largest absolute Gasteiger partial charge is 0.497 e. The summed E-state index contributed by atoms with van der Waals surface area (Å²) in [5.41, 5.74) is 4.53. The average molecular weight is 572 g/mol. The van der Waals surface area contributed by atoms with Gasteiger partial charge in [0, 0.05) is 37.9 Å². The molecule has 4 amide bonds. The van der Waals surface area contributed by atoms with Gasteiger partial charge >= 0.3 is 12.1 Å². The lowest BCUT2D eigenvalue weighted by Gasteiger charge is -2.27. The fourth-order valence-corrected chi connectivity index (χ4v) is 4.27. The van der Waals surface area contributed by atoms with Crippen LogP contribution in [0.4, 0.5) is 21.0 Å². The Morgan fingerprint density at radius 3 is 2.10 bits per heavy atom. The molecule has 0 fully saturated rings. The van der Waals surface area contributed by atoms with Crippen LogP contribution in [0.15, 0.2) is 79.1 Å². The molecule has 0 radical (unpaired) electrons. The number of nitrogens with zero attached hydrogens (tertiary/aromatic N) is 3. The van der Waals surface area contributed by atoms with Crippen LogP contribution >= 0.6 is 0 Å². The Morgan fingerprint density at radius 2 is 1.50 bits per heavy atom. The topological polar surface area (TPSA) is 124 Å². The van der Waals surface area contributed by atoms with E-state index in [1.165, 1.54) is 0 Å². The molecule has 1 heterocycles. The van der Waals surface area contributed by atoms with E-state index in [1.54, 1.807) is 37.6 Å². The van der Waals surface area contributed by atoms with Crippen molar-refractivity contribution in [3.63, 3.8) is 0 Å². The Balaban J connectivity index is 1.59. The normalized spacial score (nSPS) is 10.7. The first-order valence-corrected chi connectivity index (χ1v) is 13.5. The number of likely N-dealkylation sites (N-methyl/N-ethyl adjacent to an activating group) is 1. The molecule has 0 bridgehead atoms. The van der Waals surface area contributed by atoms with Gasteiger partial charge in [0.2, 0.25) is 0 Å². The molecule has 1 aromatic heterocycles. The number of H-pyrrole nitrogens is 1. The average Bonchev–Trinajstić information content (AvgIpc) is 3.55. The minimum Gasteiger partial charge on any atom is -0.497 e. The number of methoxy groups -OCH3 is 2.